The van der Waals surface area contributed by atoms with Crippen LogP contribution in [-0.2, 0) is 14.2 Å². The number of nitrogens with one attached hydrogen (secondary N) is 1. The number of hydrogen-bond acceptors (Lipinski definition) is 6. The lowest BCUT2D eigenvalue weighted by Gasteiger charge is -2.39. The van der Waals surface area contributed by atoms with E-state index in [1.54, 1.807) is 24.3 Å². The molecule has 0 aromatic heterocycles. The fraction of sp³-hybridized carbons (Fsp3) is 0.500. The molecule has 0 radical (unpaired) electrons. The average molecular weight is 427 g/mol. The second-order valence-electron chi connectivity index (χ2n) is 5.46. The summed E-state index contributed by atoms with van der Waals surface area (Å²) < 4.78 is 14.7. The molecule has 1 aromatic rings. The highest BCUT2D eigenvalue weighted by Crippen LogP contribution is 2.34. The third-order valence-electron chi connectivity index (χ3n) is 3.67. The molecule has 2 rings (SSSR count). The number of rotatable bonds is 4. The molecule has 0 bridgehead atoms. The van der Waals surface area contributed by atoms with Crippen molar-refractivity contribution in [1.29, 1.82) is 5.41 Å². The zero-order valence-electron chi connectivity index (χ0n) is 13.6. The molecule has 5 nitrogen and oxygen atoms in total. The van der Waals surface area contributed by atoms with Crippen molar-refractivity contribution < 1.29 is 19.0 Å². The minimum atomic E-state index is -1.97. The molecule has 1 fully saturated rings. The van der Waals surface area contributed by atoms with Gasteiger partial charge in [0.1, 0.15) is 6.10 Å². The van der Waals surface area contributed by atoms with Crippen LogP contribution in [0.5, 0.6) is 0 Å². The van der Waals surface area contributed by atoms with Gasteiger partial charge in [0.05, 0.1) is 16.9 Å². The molecule has 0 saturated carbocycles. The fourth-order valence-corrected chi connectivity index (χ4v) is 3.56. The Morgan fingerprint density at radius 3 is 2.48 bits per heavy atom. The first-order chi connectivity index (χ1) is 11.7. The highest BCUT2D eigenvalue weighted by Gasteiger charge is 2.41. The van der Waals surface area contributed by atoms with Crippen molar-refractivity contribution in [2.75, 3.05) is 6.26 Å². The van der Waals surface area contributed by atoms with Gasteiger partial charge >= 0.3 is 5.97 Å². The number of thioether (sulfide) groups is 1. The van der Waals surface area contributed by atoms with Gasteiger partial charge in [-0.15, -0.1) is 0 Å². The van der Waals surface area contributed by atoms with Crippen LogP contribution in [0.25, 0.3) is 0 Å². The maximum absolute atomic E-state index is 12.4. The molecule has 138 valence electrons. The van der Waals surface area contributed by atoms with Crippen LogP contribution in [0.1, 0.15) is 23.7 Å². The summed E-state index contributed by atoms with van der Waals surface area (Å²) in [4.78, 5) is 12.4. The standard InChI is InChI=1S/C16H18Cl3NO4S/c1-9-13(25-2)11(23-14(21)10-6-4-3-5-7-10)8-12(22-9)24-15(20)16(17,18)19/h3-7,9,11-13,20H,8H2,1-2H3/t9-,11+,12+,13-/m1/s1. The summed E-state index contributed by atoms with van der Waals surface area (Å²) in [5, 5.41) is 7.59. The first-order valence-corrected chi connectivity index (χ1v) is 9.91. The van der Waals surface area contributed by atoms with E-state index in [4.69, 9.17) is 54.4 Å². The second-order valence-corrected chi connectivity index (χ2v) is 8.76. The Kier molecular flexibility index (Phi) is 7.29. The lowest BCUT2D eigenvalue weighted by molar-refractivity contribution is -0.173. The van der Waals surface area contributed by atoms with Gasteiger partial charge < -0.3 is 14.2 Å². The molecule has 9 heteroatoms. The van der Waals surface area contributed by atoms with Crippen molar-refractivity contribution in [3.63, 3.8) is 0 Å². The molecule has 1 saturated heterocycles. The SMILES string of the molecule is CS[C@H]1[C@@H](OC(=O)c2ccccc2)C[C@H](OC(=N)C(Cl)(Cl)Cl)O[C@@H]1C. The number of halogens is 3. The molecule has 1 aromatic carbocycles. The van der Waals surface area contributed by atoms with Gasteiger partial charge in [-0.1, -0.05) is 53.0 Å². The molecule has 1 N–H and O–H groups in total. The normalized spacial score (nSPS) is 26.8. The summed E-state index contributed by atoms with van der Waals surface area (Å²) in [5.41, 5.74) is 0.466. The Labute approximate surface area is 165 Å². The molecule has 25 heavy (non-hydrogen) atoms. The van der Waals surface area contributed by atoms with Crippen LogP contribution >= 0.6 is 46.6 Å². The maximum Gasteiger partial charge on any atom is 0.338 e. The number of carbonyl (C=O) groups excluding carboxylic acids is 1. The third-order valence-corrected chi connectivity index (χ3v) is 5.41. The van der Waals surface area contributed by atoms with Crippen LogP contribution < -0.4 is 0 Å². The number of hydrogen-bond donors (Lipinski definition) is 1. The van der Waals surface area contributed by atoms with Crippen molar-refractivity contribution in [2.45, 2.75) is 40.9 Å². The van der Waals surface area contributed by atoms with Crippen LogP contribution in [0.15, 0.2) is 30.3 Å². The van der Waals surface area contributed by atoms with E-state index in [1.165, 1.54) is 11.8 Å². The van der Waals surface area contributed by atoms with Crippen LogP contribution in [0, 0.1) is 5.41 Å². The highest BCUT2D eigenvalue weighted by atomic mass is 35.6. The third kappa shape index (κ3) is 5.66. The van der Waals surface area contributed by atoms with E-state index < -0.39 is 28.1 Å². The molecule has 1 aliphatic heterocycles. The van der Waals surface area contributed by atoms with E-state index >= 15 is 0 Å². The predicted octanol–water partition coefficient (Wildman–Crippen LogP) is 4.44. The van der Waals surface area contributed by atoms with Gasteiger partial charge in [-0.25, -0.2) is 4.79 Å². The van der Waals surface area contributed by atoms with Crippen LogP contribution in [0.2, 0.25) is 0 Å². The van der Waals surface area contributed by atoms with E-state index in [1.807, 2.05) is 19.2 Å². The predicted molar refractivity (Wildman–Crippen MR) is 101 cm³/mol. The molecule has 0 unspecified atom stereocenters. The van der Waals surface area contributed by atoms with Crippen LogP contribution in [0.4, 0.5) is 0 Å². The topological polar surface area (TPSA) is 68.6 Å². The molecule has 1 heterocycles. The molecule has 0 aliphatic carbocycles. The molecule has 1 aliphatic rings. The summed E-state index contributed by atoms with van der Waals surface area (Å²) in [7, 11) is 0. The molecular formula is C16H18Cl3NO4S. The Morgan fingerprint density at radius 1 is 1.28 bits per heavy atom. The van der Waals surface area contributed by atoms with E-state index in [9.17, 15) is 4.79 Å². The van der Waals surface area contributed by atoms with E-state index in [0.717, 1.165) is 0 Å². The number of alkyl halides is 3. The Balaban J connectivity index is 2.08. The molecule has 0 amide bonds. The summed E-state index contributed by atoms with van der Waals surface area (Å²) in [6.45, 7) is 1.85. The van der Waals surface area contributed by atoms with Crippen LogP contribution in [-0.4, -0.2) is 45.7 Å². The zero-order valence-corrected chi connectivity index (χ0v) is 16.7. The lowest BCUT2D eigenvalue weighted by Crippen LogP contribution is -2.48. The van der Waals surface area contributed by atoms with Crippen LogP contribution in [0.3, 0.4) is 0 Å². The first kappa shape index (κ1) is 20.6. The van der Waals surface area contributed by atoms with Gasteiger partial charge in [0, 0.05) is 6.42 Å². The Bertz CT molecular complexity index is 611. The molecule has 4 atom stereocenters. The van der Waals surface area contributed by atoms with Gasteiger partial charge in [0.15, 0.2) is 0 Å². The smallest absolute Gasteiger partial charge is 0.338 e. The van der Waals surface area contributed by atoms with Gasteiger partial charge in [-0.05, 0) is 25.3 Å². The van der Waals surface area contributed by atoms with Gasteiger partial charge in [-0.3, -0.25) is 5.41 Å². The summed E-state index contributed by atoms with van der Waals surface area (Å²) in [5.74, 6) is -0.959. The Hall–Kier alpha value is -0.660. The molecule has 0 spiro atoms. The van der Waals surface area contributed by atoms with E-state index in [2.05, 4.69) is 0 Å². The monoisotopic (exact) mass is 425 g/mol. The average Bonchev–Trinajstić information content (AvgIpc) is 2.54. The van der Waals surface area contributed by atoms with Crippen molar-refractivity contribution >= 4 is 58.4 Å². The van der Waals surface area contributed by atoms with E-state index in [-0.39, 0.29) is 17.8 Å². The molecular weight excluding hydrogens is 409 g/mol. The van der Waals surface area contributed by atoms with Crippen molar-refractivity contribution in [3.05, 3.63) is 35.9 Å². The van der Waals surface area contributed by atoms with E-state index in [0.29, 0.717) is 5.56 Å². The quantitative estimate of drug-likeness (QED) is 0.333. The summed E-state index contributed by atoms with van der Waals surface area (Å²) >= 11 is 18.4. The summed E-state index contributed by atoms with van der Waals surface area (Å²) in [6.07, 6.45) is 0.580. The minimum absolute atomic E-state index is 0.0746. The van der Waals surface area contributed by atoms with Crippen molar-refractivity contribution in [2.24, 2.45) is 0 Å². The zero-order chi connectivity index (χ0) is 18.6. The van der Waals surface area contributed by atoms with Gasteiger partial charge in [0.2, 0.25) is 12.2 Å². The summed E-state index contributed by atoms with van der Waals surface area (Å²) in [6, 6.07) is 8.73. The van der Waals surface area contributed by atoms with Gasteiger partial charge in [-0.2, -0.15) is 11.8 Å². The highest BCUT2D eigenvalue weighted by molar-refractivity contribution is 7.99. The van der Waals surface area contributed by atoms with Crippen molar-refractivity contribution in [3.8, 4) is 0 Å². The minimum Gasteiger partial charge on any atom is -0.457 e. The number of ether oxygens (including phenoxy) is 3. The number of carbonyl (C=O) groups is 1. The first-order valence-electron chi connectivity index (χ1n) is 7.49. The Morgan fingerprint density at radius 2 is 1.92 bits per heavy atom. The van der Waals surface area contributed by atoms with Crippen molar-refractivity contribution in [1.82, 2.24) is 0 Å². The number of esters is 1. The second kappa shape index (κ2) is 8.82. The lowest BCUT2D eigenvalue weighted by atomic mass is 10.0. The fourth-order valence-electron chi connectivity index (χ4n) is 2.51. The number of benzene rings is 1. The maximum atomic E-state index is 12.4. The van der Waals surface area contributed by atoms with Gasteiger partial charge in [0.25, 0.3) is 3.79 Å². The largest absolute Gasteiger partial charge is 0.457 e.